The zero-order chi connectivity index (χ0) is 25.4. The average molecular weight is 505 g/mol. The van der Waals surface area contributed by atoms with Gasteiger partial charge in [-0.3, -0.25) is 0 Å². The Kier molecular flexibility index (Phi) is 5.78. The maximum Gasteiger partial charge on any atom is 0.213 e. The quantitative estimate of drug-likeness (QED) is 0.181. The number of hydrogen-bond acceptors (Lipinski definition) is 3. The van der Waals surface area contributed by atoms with Gasteiger partial charge in [0.25, 0.3) is 0 Å². The van der Waals surface area contributed by atoms with Gasteiger partial charge in [0.15, 0.2) is 0 Å². The highest BCUT2D eigenvalue weighted by Gasteiger charge is 2.41. The van der Waals surface area contributed by atoms with Crippen LogP contribution in [0.5, 0.6) is 0 Å². The Labute approximate surface area is 219 Å². The fraction of sp³-hybridized carbons (Fsp3) is 0.0645. The van der Waals surface area contributed by atoms with Crippen LogP contribution in [0, 0.1) is 12.9 Å². The molecular weight excluding hydrogens is 483 g/mol. The Bertz CT molecular complexity index is 1600. The average Bonchev–Trinajstić information content (AvgIpc) is 3.31. The molecule has 0 spiro atoms. The SMILES string of the molecule is Cc1nc(Cl)cc2c1c(-c1ccnc(F)c1)nn2C(c1ccccc1)(c1ccccc1)c1ccccc1. The summed E-state index contributed by atoms with van der Waals surface area (Å²) in [7, 11) is 0. The summed E-state index contributed by atoms with van der Waals surface area (Å²) in [6.07, 6.45) is 1.45. The lowest BCUT2D eigenvalue weighted by Gasteiger charge is -2.37. The molecule has 3 heterocycles. The maximum absolute atomic E-state index is 14.3. The van der Waals surface area contributed by atoms with E-state index in [-0.39, 0.29) is 0 Å². The molecule has 0 saturated carbocycles. The summed E-state index contributed by atoms with van der Waals surface area (Å²) in [4.78, 5) is 8.27. The molecule has 0 radical (unpaired) electrons. The van der Waals surface area contributed by atoms with E-state index in [2.05, 4.69) is 46.4 Å². The number of pyridine rings is 2. The van der Waals surface area contributed by atoms with Crippen molar-refractivity contribution in [3.63, 3.8) is 0 Å². The van der Waals surface area contributed by atoms with E-state index in [0.29, 0.717) is 22.1 Å². The van der Waals surface area contributed by atoms with Crippen LogP contribution in [0.1, 0.15) is 22.4 Å². The van der Waals surface area contributed by atoms with E-state index in [0.717, 1.165) is 27.6 Å². The van der Waals surface area contributed by atoms with Crippen molar-refractivity contribution >= 4 is 22.5 Å². The van der Waals surface area contributed by atoms with Crippen molar-refractivity contribution in [3.8, 4) is 11.3 Å². The van der Waals surface area contributed by atoms with Gasteiger partial charge in [-0.05, 0) is 29.7 Å². The predicted octanol–water partition coefficient (Wildman–Crippen LogP) is 7.43. The normalized spacial score (nSPS) is 11.6. The highest BCUT2D eigenvalue weighted by Crippen LogP contribution is 2.44. The molecule has 0 bridgehead atoms. The van der Waals surface area contributed by atoms with Crippen molar-refractivity contribution in [2.24, 2.45) is 0 Å². The van der Waals surface area contributed by atoms with Gasteiger partial charge >= 0.3 is 0 Å². The molecule has 37 heavy (non-hydrogen) atoms. The second kappa shape index (κ2) is 9.26. The van der Waals surface area contributed by atoms with Gasteiger partial charge in [0.2, 0.25) is 5.95 Å². The summed E-state index contributed by atoms with van der Waals surface area (Å²) < 4.78 is 16.3. The van der Waals surface area contributed by atoms with Gasteiger partial charge in [-0.25, -0.2) is 14.6 Å². The number of nitrogens with zero attached hydrogens (tertiary/aromatic N) is 4. The van der Waals surface area contributed by atoms with Crippen molar-refractivity contribution in [1.82, 2.24) is 19.7 Å². The molecule has 180 valence electrons. The fourth-order valence-corrected chi connectivity index (χ4v) is 5.42. The van der Waals surface area contributed by atoms with E-state index in [1.54, 1.807) is 6.07 Å². The number of halogens is 2. The van der Waals surface area contributed by atoms with E-state index in [9.17, 15) is 4.39 Å². The molecule has 3 aromatic heterocycles. The van der Waals surface area contributed by atoms with Crippen molar-refractivity contribution in [1.29, 1.82) is 0 Å². The van der Waals surface area contributed by atoms with E-state index in [4.69, 9.17) is 16.7 Å². The van der Waals surface area contributed by atoms with E-state index in [1.165, 1.54) is 12.3 Å². The van der Waals surface area contributed by atoms with Crippen LogP contribution in [0.15, 0.2) is 115 Å². The molecule has 6 rings (SSSR count). The number of benzene rings is 3. The van der Waals surface area contributed by atoms with Gasteiger partial charge in [0.1, 0.15) is 16.4 Å². The Morgan fingerprint density at radius 3 is 1.81 bits per heavy atom. The van der Waals surface area contributed by atoms with Crippen LogP contribution in [0.25, 0.3) is 22.2 Å². The number of aryl methyl sites for hydroxylation is 1. The molecule has 0 aliphatic carbocycles. The molecule has 6 heteroatoms. The summed E-state index contributed by atoms with van der Waals surface area (Å²) in [6, 6.07) is 35.8. The van der Waals surface area contributed by atoms with Crippen molar-refractivity contribution in [3.05, 3.63) is 149 Å². The maximum atomic E-state index is 14.3. The lowest BCUT2D eigenvalue weighted by molar-refractivity contribution is 0.477. The zero-order valence-electron chi connectivity index (χ0n) is 20.0. The van der Waals surface area contributed by atoms with Gasteiger partial charge in [-0.2, -0.15) is 9.49 Å². The predicted molar refractivity (Wildman–Crippen MR) is 145 cm³/mol. The van der Waals surface area contributed by atoms with Gasteiger partial charge in [0, 0.05) is 29.3 Å². The van der Waals surface area contributed by atoms with Crippen LogP contribution in [0.3, 0.4) is 0 Å². The summed E-state index contributed by atoms with van der Waals surface area (Å²) >= 11 is 6.54. The summed E-state index contributed by atoms with van der Waals surface area (Å²) in [6.45, 7) is 1.90. The molecule has 0 aliphatic rings. The van der Waals surface area contributed by atoms with Gasteiger partial charge in [-0.15, -0.1) is 0 Å². The minimum absolute atomic E-state index is 0.363. The smallest absolute Gasteiger partial charge is 0.213 e. The number of hydrogen-bond donors (Lipinski definition) is 0. The minimum Gasteiger partial charge on any atom is -0.244 e. The zero-order valence-corrected chi connectivity index (χ0v) is 20.8. The molecule has 0 unspecified atom stereocenters. The second-order valence-electron chi connectivity index (χ2n) is 8.86. The lowest BCUT2D eigenvalue weighted by Crippen LogP contribution is -2.38. The molecule has 0 atom stereocenters. The Morgan fingerprint density at radius 1 is 0.757 bits per heavy atom. The molecule has 0 aliphatic heterocycles. The number of aromatic nitrogens is 4. The lowest BCUT2D eigenvalue weighted by atomic mass is 9.77. The summed E-state index contributed by atoms with van der Waals surface area (Å²) in [5.74, 6) is -0.569. The highest BCUT2D eigenvalue weighted by molar-refractivity contribution is 6.30. The Balaban J connectivity index is 1.83. The van der Waals surface area contributed by atoms with Crippen LogP contribution in [0.2, 0.25) is 5.15 Å². The molecule has 6 aromatic rings. The Morgan fingerprint density at radius 2 is 1.30 bits per heavy atom. The summed E-state index contributed by atoms with van der Waals surface area (Å²) in [5.41, 5.74) is 4.95. The van der Waals surface area contributed by atoms with E-state index >= 15 is 0 Å². The van der Waals surface area contributed by atoms with Crippen molar-refractivity contribution in [2.75, 3.05) is 0 Å². The minimum atomic E-state index is -0.858. The van der Waals surface area contributed by atoms with Crippen molar-refractivity contribution in [2.45, 2.75) is 12.5 Å². The van der Waals surface area contributed by atoms with Crippen LogP contribution in [-0.2, 0) is 5.54 Å². The Hall–Kier alpha value is -4.35. The first-order valence-electron chi connectivity index (χ1n) is 11.9. The highest BCUT2D eigenvalue weighted by atomic mass is 35.5. The first-order valence-corrected chi connectivity index (χ1v) is 12.3. The second-order valence-corrected chi connectivity index (χ2v) is 9.25. The van der Waals surface area contributed by atoms with Gasteiger partial charge in [-0.1, -0.05) is 103 Å². The van der Waals surface area contributed by atoms with Gasteiger partial charge < -0.3 is 0 Å². The first kappa shape index (κ1) is 23.1. The fourth-order valence-electron chi connectivity index (χ4n) is 5.19. The molecule has 0 fully saturated rings. The topological polar surface area (TPSA) is 43.6 Å². The standard InChI is InChI=1S/C31H22ClFN4/c1-21-29-26(20-27(32)35-21)37(36-30(29)22-17-18-34-28(33)19-22)31(23-11-5-2-6-12-23,24-13-7-3-8-14-24)25-15-9-4-10-16-25/h2-20H,1H3. The molecule has 4 nitrogen and oxygen atoms in total. The molecular formula is C31H22ClFN4. The number of rotatable bonds is 5. The van der Waals surface area contributed by atoms with E-state index < -0.39 is 11.5 Å². The van der Waals surface area contributed by atoms with Crippen molar-refractivity contribution < 1.29 is 4.39 Å². The van der Waals surface area contributed by atoms with Gasteiger partial charge in [0.05, 0.1) is 11.2 Å². The third-order valence-electron chi connectivity index (χ3n) is 6.71. The largest absolute Gasteiger partial charge is 0.244 e. The third-order valence-corrected chi connectivity index (χ3v) is 6.90. The number of fused-ring (bicyclic) bond motifs is 1. The van der Waals surface area contributed by atoms with Crippen LogP contribution in [0.4, 0.5) is 4.39 Å². The molecule has 0 N–H and O–H groups in total. The molecule has 0 saturated heterocycles. The van der Waals surface area contributed by atoms with E-state index in [1.807, 2.05) is 72.3 Å². The van der Waals surface area contributed by atoms with Crippen LogP contribution < -0.4 is 0 Å². The van der Waals surface area contributed by atoms with Crippen LogP contribution >= 0.6 is 11.6 Å². The van der Waals surface area contributed by atoms with Crippen LogP contribution in [-0.4, -0.2) is 19.7 Å². The summed E-state index contributed by atoms with van der Waals surface area (Å²) in [5, 5.41) is 6.40. The first-order chi connectivity index (χ1) is 18.1. The monoisotopic (exact) mass is 504 g/mol. The third kappa shape index (κ3) is 3.79. The molecule has 3 aromatic carbocycles. The molecule has 0 amide bonds.